The van der Waals surface area contributed by atoms with Crippen LogP contribution in [0.3, 0.4) is 0 Å². The number of halogens is 1. The van der Waals surface area contributed by atoms with Gasteiger partial charge >= 0.3 is 0 Å². The van der Waals surface area contributed by atoms with Crippen molar-refractivity contribution in [3.8, 4) is 11.1 Å². The summed E-state index contributed by atoms with van der Waals surface area (Å²) in [6.07, 6.45) is 2.06. The molecule has 0 aliphatic carbocycles. The van der Waals surface area contributed by atoms with Gasteiger partial charge in [0.25, 0.3) is 0 Å². The normalized spacial score (nSPS) is 13.0. The van der Waals surface area contributed by atoms with E-state index in [2.05, 4.69) is 56.0 Å². The van der Waals surface area contributed by atoms with Gasteiger partial charge < -0.3 is 14.2 Å². The molecule has 0 spiro atoms. The Morgan fingerprint density at radius 2 is 1.78 bits per heavy atom. The molecule has 0 fully saturated rings. The van der Waals surface area contributed by atoms with Crippen molar-refractivity contribution in [3.63, 3.8) is 0 Å². The molecule has 0 aliphatic rings. The molecule has 0 bridgehead atoms. The molecule has 5 nitrogen and oxygen atoms in total. The second kappa shape index (κ2) is 5.34. The summed E-state index contributed by atoms with van der Waals surface area (Å²) in [4.78, 5) is 0. The third-order valence-electron chi connectivity index (χ3n) is 4.18. The van der Waals surface area contributed by atoms with Crippen LogP contribution in [0.15, 0.2) is 54.7 Å². The molecule has 0 aliphatic heterocycles. The molecule has 0 amide bonds. The van der Waals surface area contributed by atoms with E-state index in [9.17, 15) is 10.4 Å². The van der Waals surface area contributed by atoms with Crippen LogP contribution >= 0.6 is 22.6 Å². The van der Waals surface area contributed by atoms with E-state index in [4.69, 9.17) is 0 Å². The Hall–Kier alpha value is -1.87. The molecule has 23 heavy (non-hydrogen) atoms. The second-order valence-corrected chi connectivity index (χ2v) is 6.67. The summed E-state index contributed by atoms with van der Waals surface area (Å²) >= 11 is 2.05. The Bertz CT molecular complexity index is 1030. The molecule has 4 rings (SSSR count). The third-order valence-corrected chi connectivity index (χ3v) is 5.12. The number of benzene rings is 2. The van der Waals surface area contributed by atoms with Crippen molar-refractivity contribution in [3.05, 3.63) is 63.5 Å². The maximum absolute atomic E-state index is 11.3. The van der Waals surface area contributed by atoms with Gasteiger partial charge in [-0.1, -0.05) is 18.2 Å². The molecule has 2 aromatic heterocycles. The average molecular weight is 419 g/mol. The van der Waals surface area contributed by atoms with Crippen molar-refractivity contribution in [1.82, 2.24) is 8.97 Å². The lowest BCUT2D eigenvalue weighted by Gasteiger charge is -2.14. The second-order valence-electron chi connectivity index (χ2n) is 5.50. The Balaban J connectivity index is 1.93. The monoisotopic (exact) mass is 419 g/mol. The van der Waals surface area contributed by atoms with Gasteiger partial charge in [0.2, 0.25) is 0 Å². The first kappa shape index (κ1) is 14.7. The van der Waals surface area contributed by atoms with Crippen molar-refractivity contribution in [2.75, 3.05) is 0 Å². The van der Waals surface area contributed by atoms with Crippen LogP contribution in [0.5, 0.6) is 0 Å². The van der Waals surface area contributed by atoms with Crippen LogP contribution in [0, 0.1) is 8.78 Å². The summed E-state index contributed by atoms with van der Waals surface area (Å²) in [6.45, 7) is 0. The standard InChI is InChI=1S/C17H14IN3O2/c1-19-14-4-2-3-5-15(14)20-10-12(9-17(19)20)11-6-7-13(18)16(8-11)21(22)23/h2-10,21-22H,1H3. The predicted octanol–water partition coefficient (Wildman–Crippen LogP) is 3.11. The van der Waals surface area contributed by atoms with Gasteiger partial charge in [0.1, 0.15) is 5.65 Å². The summed E-state index contributed by atoms with van der Waals surface area (Å²) in [7, 11) is 2.04. The fourth-order valence-corrected chi connectivity index (χ4v) is 3.57. The minimum Gasteiger partial charge on any atom is -0.595 e. The quantitative estimate of drug-likeness (QED) is 0.388. The zero-order valence-corrected chi connectivity index (χ0v) is 14.5. The van der Waals surface area contributed by atoms with E-state index in [1.807, 2.05) is 31.3 Å². The van der Waals surface area contributed by atoms with Crippen molar-refractivity contribution in [2.45, 2.75) is 0 Å². The molecule has 116 valence electrons. The minimum atomic E-state index is -0.898. The Kier molecular flexibility index (Phi) is 3.42. The van der Waals surface area contributed by atoms with E-state index in [0.717, 1.165) is 25.9 Å². The molecule has 6 heteroatoms. The minimum absolute atomic E-state index is 0.336. The highest BCUT2D eigenvalue weighted by Crippen LogP contribution is 2.29. The lowest BCUT2D eigenvalue weighted by atomic mass is 10.1. The first-order valence-corrected chi connectivity index (χ1v) is 8.23. The van der Waals surface area contributed by atoms with Crippen molar-refractivity contribution in [2.24, 2.45) is 7.05 Å². The highest BCUT2D eigenvalue weighted by molar-refractivity contribution is 14.1. The van der Waals surface area contributed by atoms with Gasteiger partial charge in [-0.05, 0) is 52.4 Å². The topological polar surface area (TPSA) is 57.1 Å². The van der Waals surface area contributed by atoms with E-state index in [1.54, 1.807) is 6.07 Å². The molecular weight excluding hydrogens is 405 g/mol. The number of aromatic nitrogens is 2. The highest BCUT2D eigenvalue weighted by atomic mass is 127. The number of aryl methyl sites for hydroxylation is 1. The largest absolute Gasteiger partial charge is 0.595 e. The molecule has 2 heterocycles. The predicted molar refractivity (Wildman–Crippen MR) is 97.8 cm³/mol. The molecule has 2 aromatic carbocycles. The van der Waals surface area contributed by atoms with Gasteiger partial charge in [0.15, 0.2) is 5.69 Å². The molecule has 1 atom stereocenters. The Morgan fingerprint density at radius 3 is 2.52 bits per heavy atom. The van der Waals surface area contributed by atoms with Crippen molar-refractivity contribution < 1.29 is 10.4 Å². The summed E-state index contributed by atoms with van der Waals surface area (Å²) in [5, 5.41) is 19.8. The number of quaternary nitrogens is 1. The van der Waals surface area contributed by atoms with Gasteiger partial charge in [-0.3, -0.25) is 0 Å². The van der Waals surface area contributed by atoms with Crippen molar-refractivity contribution >= 4 is 45.0 Å². The molecule has 0 saturated carbocycles. The number of nitrogens with zero attached hydrogens (tertiary/aromatic N) is 2. The SMILES string of the molecule is Cn1c2ccccc2n2cc(-c3ccc(I)c([NH+]([O-])O)c3)cc12. The molecule has 4 aromatic rings. The Labute approximate surface area is 146 Å². The first-order valence-electron chi connectivity index (χ1n) is 7.15. The maximum Gasteiger partial charge on any atom is 0.177 e. The third kappa shape index (κ3) is 2.26. The van der Waals surface area contributed by atoms with Crippen LogP contribution in [0.4, 0.5) is 5.69 Å². The number of nitrogens with one attached hydrogen (secondary N) is 1. The smallest absolute Gasteiger partial charge is 0.177 e. The fourth-order valence-electron chi connectivity index (χ4n) is 3.00. The lowest BCUT2D eigenvalue weighted by Crippen LogP contribution is -2.99. The molecular formula is C17H14IN3O2. The van der Waals surface area contributed by atoms with Crippen LogP contribution in [0.25, 0.3) is 27.8 Å². The summed E-state index contributed by atoms with van der Waals surface area (Å²) in [5.41, 5.74) is 5.65. The average Bonchev–Trinajstić information content (AvgIpc) is 3.08. The van der Waals surface area contributed by atoms with Gasteiger partial charge in [-0.15, -0.1) is 0 Å². The first-order chi connectivity index (χ1) is 11.1. The van der Waals surface area contributed by atoms with Crippen molar-refractivity contribution in [1.29, 1.82) is 0 Å². The number of rotatable bonds is 2. The molecule has 0 radical (unpaired) electrons. The summed E-state index contributed by atoms with van der Waals surface area (Å²) in [6, 6.07) is 15.9. The van der Waals surface area contributed by atoms with E-state index >= 15 is 0 Å². The number of para-hydroxylation sites is 2. The van der Waals surface area contributed by atoms with E-state index in [1.165, 1.54) is 5.52 Å². The van der Waals surface area contributed by atoms with Gasteiger partial charge in [0, 0.05) is 24.9 Å². The number of imidazole rings is 1. The zero-order chi connectivity index (χ0) is 16.1. The molecule has 0 saturated heterocycles. The van der Waals surface area contributed by atoms with Gasteiger partial charge in [-0.2, -0.15) is 5.23 Å². The van der Waals surface area contributed by atoms with Crippen LogP contribution in [0.2, 0.25) is 0 Å². The van der Waals surface area contributed by atoms with Crippen LogP contribution < -0.4 is 5.23 Å². The van der Waals surface area contributed by atoms with Crippen LogP contribution in [-0.4, -0.2) is 14.2 Å². The highest BCUT2D eigenvalue weighted by Gasteiger charge is 2.13. The van der Waals surface area contributed by atoms with Crippen LogP contribution in [0.1, 0.15) is 0 Å². The number of hydrogen-bond donors (Lipinski definition) is 2. The van der Waals surface area contributed by atoms with Gasteiger partial charge in [0.05, 0.1) is 14.6 Å². The van der Waals surface area contributed by atoms with E-state index < -0.39 is 5.23 Å². The van der Waals surface area contributed by atoms with E-state index in [0.29, 0.717) is 5.69 Å². The number of fused-ring (bicyclic) bond motifs is 3. The molecule has 2 N–H and O–H groups in total. The molecule has 1 unspecified atom stereocenters. The van der Waals surface area contributed by atoms with E-state index in [-0.39, 0.29) is 0 Å². The van der Waals surface area contributed by atoms with Crippen LogP contribution in [-0.2, 0) is 7.05 Å². The maximum atomic E-state index is 11.3. The fraction of sp³-hybridized carbons (Fsp3) is 0.0588. The van der Waals surface area contributed by atoms with Gasteiger partial charge in [-0.25, -0.2) is 5.21 Å². The summed E-state index contributed by atoms with van der Waals surface area (Å²) in [5.74, 6) is 0. The number of hydrogen-bond acceptors (Lipinski definition) is 2. The lowest BCUT2D eigenvalue weighted by molar-refractivity contribution is -0.991. The zero-order valence-electron chi connectivity index (χ0n) is 12.3. The Morgan fingerprint density at radius 1 is 1.04 bits per heavy atom. The summed E-state index contributed by atoms with van der Waals surface area (Å²) < 4.78 is 5.03.